The average molecular weight is 573 g/mol. The molecule has 1 atom stereocenters. The van der Waals surface area contributed by atoms with E-state index in [1.165, 1.54) is 36.9 Å². The van der Waals surface area contributed by atoms with Gasteiger partial charge in [-0.3, -0.25) is 4.90 Å². The van der Waals surface area contributed by atoms with Gasteiger partial charge < -0.3 is 19.7 Å². The summed E-state index contributed by atoms with van der Waals surface area (Å²) in [6.45, 7) is 12.0. The van der Waals surface area contributed by atoms with E-state index < -0.39 is 0 Å². The quantitative estimate of drug-likeness (QED) is 0.191. The molecule has 0 aliphatic carbocycles. The number of benzene rings is 1. The van der Waals surface area contributed by atoms with Crippen molar-refractivity contribution in [3.63, 3.8) is 0 Å². The summed E-state index contributed by atoms with van der Waals surface area (Å²) in [6, 6.07) is 9.77. The van der Waals surface area contributed by atoms with E-state index in [4.69, 9.17) is 14.5 Å². The number of ether oxygens (including phenoxy) is 2. The Balaban J connectivity index is 0.00000385. The van der Waals surface area contributed by atoms with Gasteiger partial charge in [0.2, 0.25) is 0 Å². The Kier molecular flexibility index (Phi) is 13.7. The second-order valence-electron chi connectivity index (χ2n) is 9.21. The summed E-state index contributed by atoms with van der Waals surface area (Å²) >= 11 is 0. The van der Waals surface area contributed by atoms with Gasteiger partial charge in [0.25, 0.3) is 0 Å². The Hall–Kier alpha value is -0.900. The summed E-state index contributed by atoms with van der Waals surface area (Å²) in [6.07, 6.45) is 7.49. The van der Waals surface area contributed by atoms with Crippen LogP contribution in [0.3, 0.4) is 0 Å². The van der Waals surface area contributed by atoms with Crippen molar-refractivity contribution in [1.29, 1.82) is 0 Å². The zero-order valence-electron chi connectivity index (χ0n) is 20.9. The van der Waals surface area contributed by atoms with Crippen LogP contribution in [0.15, 0.2) is 29.3 Å². The van der Waals surface area contributed by atoms with Crippen LogP contribution < -0.4 is 5.32 Å². The van der Waals surface area contributed by atoms with E-state index in [1.807, 2.05) is 0 Å². The molecular formula is C26H45IN4O2. The molecule has 0 amide bonds. The summed E-state index contributed by atoms with van der Waals surface area (Å²) < 4.78 is 11.1. The Morgan fingerprint density at radius 1 is 1.03 bits per heavy atom. The van der Waals surface area contributed by atoms with Crippen LogP contribution in [-0.2, 0) is 22.6 Å². The lowest BCUT2D eigenvalue weighted by molar-refractivity contribution is 0.00990. The minimum Gasteiger partial charge on any atom is -0.385 e. The van der Waals surface area contributed by atoms with E-state index in [0.29, 0.717) is 12.1 Å². The van der Waals surface area contributed by atoms with E-state index in [1.54, 1.807) is 7.11 Å². The fourth-order valence-corrected chi connectivity index (χ4v) is 4.66. The highest BCUT2D eigenvalue weighted by atomic mass is 127. The molecule has 3 rings (SSSR count). The number of aliphatic imine (C=N–C) groups is 1. The molecule has 0 spiro atoms. The first-order chi connectivity index (χ1) is 15.7. The lowest BCUT2D eigenvalue weighted by atomic mass is 10.0. The standard InChI is InChI=1S/C26H44N4O2.HI/c1-4-27-26(29-16-13-25(14-17-29)32-19-7-18-31-3)28-20-23-9-11-24(12-10-23)21-30-15-6-5-8-22(30)2;/h9-12,22,25H,4-8,13-21H2,1-3H3,(H,27,28);1H. The van der Waals surface area contributed by atoms with Crippen molar-refractivity contribution < 1.29 is 9.47 Å². The van der Waals surface area contributed by atoms with Crippen LogP contribution in [0.1, 0.15) is 63.5 Å². The molecule has 188 valence electrons. The number of hydrogen-bond acceptors (Lipinski definition) is 4. The minimum atomic E-state index is 0. The molecule has 1 aromatic rings. The fraction of sp³-hybridized carbons (Fsp3) is 0.731. The summed E-state index contributed by atoms with van der Waals surface area (Å²) in [7, 11) is 1.74. The van der Waals surface area contributed by atoms with Gasteiger partial charge in [0, 0.05) is 52.5 Å². The molecule has 2 fully saturated rings. The third kappa shape index (κ3) is 9.70. The zero-order chi connectivity index (χ0) is 22.6. The number of likely N-dealkylation sites (tertiary alicyclic amines) is 2. The van der Waals surface area contributed by atoms with Crippen LogP contribution in [0.5, 0.6) is 0 Å². The molecule has 33 heavy (non-hydrogen) atoms. The lowest BCUT2D eigenvalue weighted by Crippen LogP contribution is -2.47. The maximum Gasteiger partial charge on any atom is 0.194 e. The van der Waals surface area contributed by atoms with Crippen molar-refractivity contribution in [1.82, 2.24) is 15.1 Å². The summed E-state index contributed by atoms with van der Waals surface area (Å²) in [5, 5.41) is 3.48. The van der Waals surface area contributed by atoms with Gasteiger partial charge in [0.05, 0.1) is 12.6 Å². The molecule has 0 aromatic heterocycles. The monoisotopic (exact) mass is 572 g/mol. The highest BCUT2D eigenvalue weighted by Gasteiger charge is 2.22. The topological polar surface area (TPSA) is 49.3 Å². The largest absolute Gasteiger partial charge is 0.385 e. The number of hydrogen-bond donors (Lipinski definition) is 1. The van der Waals surface area contributed by atoms with Gasteiger partial charge in [-0.05, 0) is 63.6 Å². The van der Waals surface area contributed by atoms with Crippen LogP contribution >= 0.6 is 24.0 Å². The molecule has 2 aliphatic rings. The third-order valence-electron chi connectivity index (χ3n) is 6.68. The summed E-state index contributed by atoms with van der Waals surface area (Å²) in [5.74, 6) is 1.02. The van der Waals surface area contributed by atoms with Crippen LogP contribution in [0.25, 0.3) is 0 Å². The van der Waals surface area contributed by atoms with Crippen molar-refractivity contribution in [3.05, 3.63) is 35.4 Å². The number of nitrogens with zero attached hydrogens (tertiary/aromatic N) is 3. The molecule has 0 saturated carbocycles. The number of rotatable bonds is 10. The van der Waals surface area contributed by atoms with E-state index in [0.717, 1.165) is 71.2 Å². The number of methoxy groups -OCH3 is 1. The third-order valence-corrected chi connectivity index (χ3v) is 6.68. The number of guanidine groups is 1. The summed E-state index contributed by atoms with van der Waals surface area (Å²) in [5.41, 5.74) is 2.68. The smallest absolute Gasteiger partial charge is 0.194 e. The normalized spacial score (nSPS) is 20.5. The van der Waals surface area contributed by atoms with Crippen molar-refractivity contribution in [2.45, 2.75) is 77.6 Å². The van der Waals surface area contributed by atoms with Gasteiger partial charge in [-0.25, -0.2) is 4.99 Å². The maximum atomic E-state index is 6.00. The Labute approximate surface area is 218 Å². The Morgan fingerprint density at radius 2 is 1.76 bits per heavy atom. The molecule has 1 N–H and O–H groups in total. The average Bonchev–Trinajstić information content (AvgIpc) is 2.82. The molecule has 0 radical (unpaired) electrons. The van der Waals surface area contributed by atoms with Crippen molar-refractivity contribution >= 4 is 29.9 Å². The van der Waals surface area contributed by atoms with Gasteiger partial charge in [-0.15, -0.1) is 24.0 Å². The molecule has 1 unspecified atom stereocenters. The van der Waals surface area contributed by atoms with E-state index in [-0.39, 0.29) is 24.0 Å². The SMILES string of the molecule is CCNC(=NCc1ccc(CN2CCCCC2C)cc1)N1CCC(OCCCOC)CC1.I. The van der Waals surface area contributed by atoms with Crippen molar-refractivity contribution in [2.75, 3.05) is 46.5 Å². The molecule has 0 bridgehead atoms. The molecule has 2 heterocycles. The predicted molar refractivity (Wildman–Crippen MR) is 147 cm³/mol. The molecule has 1 aromatic carbocycles. The zero-order valence-corrected chi connectivity index (χ0v) is 23.3. The van der Waals surface area contributed by atoms with E-state index >= 15 is 0 Å². The van der Waals surface area contributed by atoms with E-state index in [2.05, 4.69) is 53.2 Å². The lowest BCUT2D eigenvalue weighted by Gasteiger charge is -2.34. The van der Waals surface area contributed by atoms with Gasteiger partial charge in [-0.1, -0.05) is 30.7 Å². The van der Waals surface area contributed by atoms with Crippen LogP contribution in [0, 0.1) is 0 Å². The first-order valence-corrected chi connectivity index (χ1v) is 12.6. The second-order valence-corrected chi connectivity index (χ2v) is 9.21. The molecule has 6 nitrogen and oxygen atoms in total. The Bertz CT molecular complexity index is 677. The molecular weight excluding hydrogens is 527 g/mol. The van der Waals surface area contributed by atoms with Gasteiger partial charge in [0.15, 0.2) is 5.96 Å². The van der Waals surface area contributed by atoms with Crippen molar-refractivity contribution in [3.8, 4) is 0 Å². The second kappa shape index (κ2) is 15.9. The number of nitrogens with one attached hydrogen (secondary N) is 1. The highest BCUT2D eigenvalue weighted by molar-refractivity contribution is 14.0. The van der Waals surface area contributed by atoms with Gasteiger partial charge >= 0.3 is 0 Å². The van der Waals surface area contributed by atoms with Crippen LogP contribution in [-0.4, -0.2) is 74.4 Å². The maximum absolute atomic E-state index is 6.00. The van der Waals surface area contributed by atoms with E-state index in [9.17, 15) is 0 Å². The van der Waals surface area contributed by atoms with Gasteiger partial charge in [-0.2, -0.15) is 0 Å². The molecule has 7 heteroatoms. The first-order valence-electron chi connectivity index (χ1n) is 12.6. The van der Waals surface area contributed by atoms with Gasteiger partial charge in [0.1, 0.15) is 0 Å². The fourth-order valence-electron chi connectivity index (χ4n) is 4.66. The van der Waals surface area contributed by atoms with Crippen LogP contribution in [0.4, 0.5) is 0 Å². The predicted octanol–water partition coefficient (Wildman–Crippen LogP) is 4.66. The first kappa shape index (κ1) is 28.3. The number of halogens is 1. The minimum absolute atomic E-state index is 0. The van der Waals surface area contributed by atoms with Crippen LogP contribution in [0.2, 0.25) is 0 Å². The van der Waals surface area contributed by atoms with Crippen molar-refractivity contribution in [2.24, 2.45) is 4.99 Å². The molecule has 2 saturated heterocycles. The Morgan fingerprint density at radius 3 is 2.42 bits per heavy atom. The number of piperidine rings is 2. The summed E-state index contributed by atoms with van der Waals surface area (Å²) in [4.78, 5) is 9.94. The molecule has 2 aliphatic heterocycles. The highest BCUT2D eigenvalue weighted by Crippen LogP contribution is 2.19.